The van der Waals surface area contributed by atoms with E-state index in [1.807, 2.05) is 24.3 Å². The molecule has 1 saturated carbocycles. The summed E-state index contributed by atoms with van der Waals surface area (Å²) in [5.41, 5.74) is 2.78. The van der Waals surface area contributed by atoms with Crippen LogP contribution in [0.3, 0.4) is 0 Å². The highest BCUT2D eigenvalue weighted by atomic mass is 16.5. The number of piperidine rings is 1. The fourth-order valence-electron chi connectivity index (χ4n) is 5.65. The normalized spacial score (nSPS) is 23.1. The second-order valence-electron chi connectivity index (χ2n) is 10.2. The van der Waals surface area contributed by atoms with E-state index in [1.54, 1.807) is 0 Å². The lowest BCUT2D eigenvalue weighted by atomic mass is 9.77. The van der Waals surface area contributed by atoms with Gasteiger partial charge < -0.3 is 10.1 Å². The van der Waals surface area contributed by atoms with E-state index >= 15 is 0 Å². The number of anilines is 1. The van der Waals surface area contributed by atoms with E-state index in [9.17, 15) is 4.79 Å². The average molecular weight is 435 g/mol. The molecule has 0 aromatic heterocycles. The highest BCUT2D eigenvalue weighted by Gasteiger charge is 2.42. The number of aryl methyl sites for hydroxylation is 1. The quantitative estimate of drug-likeness (QED) is 0.599. The van der Waals surface area contributed by atoms with Gasteiger partial charge in [-0.2, -0.15) is 0 Å². The lowest BCUT2D eigenvalue weighted by Gasteiger charge is -2.34. The van der Waals surface area contributed by atoms with Gasteiger partial charge in [0.15, 0.2) is 0 Å². The van der Waals surface area contributed by atoms with Gasteiger partial charge in [-0.25, -0.2) is 0 Å². The van der Waals surface area contributed by atoms with Crippen molar-refractivity contribution in [2.24, 2.45) is 11.8 Å². The predicted octanol–water partition coefficient (Wildman–Crippen LogP) is 5.80. The standard InChI is InChI=1S/C28H38N2O2/c1-21-6-8-24(9-7-21)28(14-4-5-15-28)27(31)29-25-10-12-26(13-11-25)32-17-16-30-19-22(2)18-23(3)20-30/h6-13,22-23H,4-5,14-20H2,1-3H3,(H,29,31)/t22-,23-/m1/s1. The molecule has 1 aliphatic heterocycles. The van der Waals surface area contributed by atoms with Crippen molar-refractivity contribution in [1.82, 2.24) is 4.90 Å². The van der Waals surface area contributed by atoms with E-state index in [0.29, 0.717) is 6.61 Å². The van der Waals surface area contributed by atoms with E-state index in [1.165, 1.54) is 25.1 Å². The summed E-state index contributed by atoms with van der Waals surface area (Å²) in [6.45, 7) is 10.8. The Morgan fingerprint density at radius 3 is 2.25 bits per heavy atom. The van der Waals surface area contributed by atoms with Crippen molar-refractivity contribution in [2.75, 3.05) is 31.6 Å². The number of likely N-dealkylation sites (tertiary alicyclic amines) is 1. The van der Waals surface area contributed by atoms with Crippen LogP contribution in [0.1, 0.15) is 57.1 Å². The zero-order valence-electron chi connectivity index (χ0n) is 19.9. The van der Waals surface area contributed by atoms with Crippen molar-refractivity contribution >= 4 is 11.6 Å². The maximum Gasteiger partial charge on any atom is 0.235 e. The Labute approximate surface area is 193 Å². The number of carbonyl (C=O) groups is 1. The van der Waals surface area contributed by atoms with Crippen LogP contribution < -0.4 is 10.1 Å². The van der Waals surface area contributed by atoms with Gasteiger partial charge >= 0.3 is 0 Å². The Bertz CT molecular complexity index is 875. The van der Waals surface area contributed by atoms with Gasteiger partial charge in [0.25, 0.3) is 0 Å². The molecule has 0 bridgehead atoms. The van der Waals surface area contributed by atoms with Gasteiger partial charge in [-0.3, -0.25) is 9.69 Å². The summed E-state index contributed by atoms with van der Waals surface area (Å²) in [4.78, 5) is 15.9. The molecule has 4 rings (SSSR count). The Hall–Kier alpha value is -2.33. The third-order valence-corrected chi connectivity index (χ3v) is 7.23. The molecule has 0 radical (unpaired) electrons. The maximum absolute atomic E-state index is 13.4. The maximum atomic E-state index is 13.4. The minimum absolute atomic E-state index is 0.112. The molecule has 2 aromatic carbocycles. The van der Waals surface area contributed by atoms with E-state index in [0.717, 1.165) is 61.1 Å². The van der Waals surface area contributed by atoms with Crippen LogP contribution in [0.15, 0.2) is 48.5 Å². The van der Waals surface area contributed by atoms with Crippen molar-refractivity contribution in [3.8, 4) is 5.75 Å². The van der Waals surface area contributed by atoms with Gasteiger partial charge in [0.2, 0.25) is 5.91 Å². The van der Waals surface area contributed by atoms with Crippen molar-refractivity contribution in [3.05, 3.63) is 59.7 Å². The predicted molar refractivity (Wildman–Crippen MR) is 131 cm³/mol. The Kier molecular flexibility index (Phi) is 7.20. The lowest BCUT2D eigenvalue weighted by molar-refractivity contribution is -0.121. The topological polar surface area (TPSA) is 41.6 Å². The monoisotopic (exact) mass is 434 g/mol. The van der Waals surface area contributed by atoms with Gasteiger partial charge in [-0.05, 0) is 67.9 Å². The first kappa shape index (κ1) is 22.8. The third kappa shape index (κ3) is 5.35. The van der Waals surface area contributed by atoms with Crippen molar-refractivity contribution in [2.45, 2.75) is 58.3 Å². The molecule has 0 spiro atoms. The van der Waals surface area contributed by atoms with Crippen molar-refractivity contribution in [1.29, 1.82) is 0 Å². The Morgan fingerprint density at radius 1 is 1.00 bits per heavy atom. The van der Waals surface area contributed by atoms with Crippen LogP contribution in [0.25, 0.3) is 0 Å². The zero-order chi connectivity index (χ0) is 22.6. The number of hydrogen-bond acceptors (Lipinski definition) is 3. The SMILES string of the molecule is Cc1ccc(C2(C(=O)Nc3ccc(OCCN4C[C@H](C)C[C@@H](C)C4)cc3)CCCC2)cc1. The molecule has 1 heterocycles. The minimum Gasteiger partial charge on any atom is -0.492 e. The summed E-state index contributed by atoms with van der Waals surface area (Å²) in [5, 5.41) is 3.18. The number of amides is 1. The second-order valence-corrected chi connectivity index (χ2v) is 10.2. The number of rotatable bonds is 7. The summed E-state index contributed by atoms with van der Waals surface area (Å²) in [5.74, 6) is 2.51. The number of benzene rings is 2. The molecular formula is C28H38N2O2. The molecule has 2 aromatic rings. The number of ether oxygens (including phenoxy) is 1. The molecule has 1 amide bonds. The molecule has 1 N–H and O–H groups in total. The second kappa shape index (κ2) is 10.1. The third-order valence-electron chi connectivity index (χ3n) is 7.23. The van der Waals surface area contributed by atoms with Gasteiger partial charge in [0.05, 0.1) is 5.41 Å². The smallest absolute Gasteiger partial charge is 0.235 e. The van der Waals surface area contributed by atoms with Crippen LogP contribution in [-0.4, -0.2) is 37.0 Å². The van der Waals surface area contributed by atoms with Crippen LogP contribution in [0.5, 0.6) is 5.75 Å². The first-order chi connectivity index (χ1) is 15.4. The fraction of sp³-hybridized carbons (Fsp3) is 0.536. The number of nitrogens with zero attached hydrogens (tertiary/aromatic N) is 1. The largest absolute Gasteiger partial charge is 0.492 e. The minimum atomic E-state index is -0.411. The highest BCUT2D eigenvalue weighted by Crippen LogP contribution is 2.42. The molecule has 2 atom stereocenters. The van der Waals surface area contributed by atoms with Crippen molar-refractivity contribution < 1.29 is 9.53 Å². The summed E-state index contributed by atoms with van der Waals surface area (Å²) < 4.78 is 5.98. The zero-order valence-corrected chi connectivity index (χ0v) is 19.9. The molecule has 1 aliphatic carbocycles. The van der Waals surface area contributed by atoms with Crippen molar-refractivity contribution in [3.63, 3.8) is 0 Å². The van der Waals surface area contributed by atoms with Crippen LogP contribution >= 0.6 is 0 Å². The molecule has 4 heteroatoms. The van der Waals surface area contributed by atoms with Crippen LogP contribution in [-0.2, 0) is 10.2 Å². The molecule has 2 aliphatic rings. The van der Waals surface area contributed by atoms with E-state index in [-0.39, 0.29) is 5.91 Å². The van der Waals surface area contributed by atoms with E-state index in [4.69, 9.17) is 4.74 Å². The highest BCUT2D eigenvalue weighted by molar-refractivity contribution is 5.99. The van der Waals surface area contributed by atoms with Crippen LogP contribution in [0.4, 0.5) is 5.69 Å². The Balaban J connectivity index is 1.32. The summed E-state index contributed by atoms with van der Waals surface area (Å²) in [6, 6.07) is 16.3. The number of nitrogens with one attached hydrogen (secondary N) is 1. The summed E-state index contributed by atoms with van der Waals surface area (Å²) in [6.07, 6.45) is 5.36. The van der Waals surface area contributed by atoms with E-state index in [2.05, 4.69) is 55.3 Å². The first-order valence-corrected chi connectivity index (χ1v) is 12.3. The molecule has 2 fully saturated rings. The van der Waals surface area contributed by atoms with Gasteiger partial charge in [-0.15, -0.1) is 0 Å². The first-order valence-electron chi connectivity index (χ1n) is 12.3. The fourth-order valence-corrected chi connectivity index (χ4v) is 5.65. The number of hydrogen-bond donors (Lipinski definition) is 1. The number of carbonyl (C=O) groups excluding carboxylic acids is 1. The lowest BCUT2D eigenvalue weighted by Crippen LogP contribution is -2.40. The Morgan fingerprint density at radius 2 is 1.62 bits per heavy atom. The van der Waals surface area contributed by atoms with Gasteiger partial charge in [-0.1, -0.05) is 56.5 Å². The van der Waals surface area contributed by atoms with Gasteiger partial charge in [0.1, 0.15) is 12.4 Å². The van der Waals surface area contributed by atoms with Crippen LogP contribution in [0, 0.1) is 18.8 Å². The molecule has 1 saturated heterocycles. The van der Waals surface area contributed by atoms with Gasteiger partial charge in [0, 0.05) is 25.3 Å². The molecule has 0 unspecified atom stereocenters. The summed E-state index contributed by atoms with van der Waals surface area (Å²) >= 11 is 0. The average Bonchev–Trinajstić information content (AvgIpc) is 3.26. The van der Waals surface area contributed by atoms with E-state index < -0.39 is 5.41 Å². The molecule has 32 heavy (non-hydrogen) atoms. The molecular weight excluding hydrogens is 396 g/mol. The molecule has 4 nitrogen and oxygen atoms in total. The summed E-state index contributed by atoms with van der Waals surface area (Å²) in [7, 11) is 0. The van der Waals surface area contributed by atoms with Crippen LogP contribution in [0.2, 0.25) is 0 Å². The molecule has 172 valence electrons.